The summed E-state index contributed by atoms with van der Waals surface area (Å²) in [5.41, 5.74) is 4.32. The monoisotopic (exact) mass is 439 g/mol. The molecule has 0 saturated carbocycles. The van der Waals surface area contributed by atoms with Crippen molar-refractivity contribution >= 4 is 5.91 Å². The van der Waals surface area contributed by atoms with E-state index in [0.717, 1.165) is 29.0 Å². The lowest BCUT2D eigenvalue weighted by Crippen LogP contribution is -2.34. The van der Waals surface area contributed by atoms with Gasteiger partial charge in [-0.15, -0.1) is 0 Å². The molecule has 1 unspecified atom stereocenters. The number of carbonyl (C=O) groups is 1. The molecule has 6 nitrogen and oxygen atoms in total. The molecule has 6 heteroatoms. The van der Waals surface area contributed by atoms with Gasteiger partial charge in [-0.05, 0) is 41.5 Å². The van der Waals surface area contributed by atoms with Gasteiger partial charge in [0.05, 0.1) is 25.8 Å². The van der Waals surface area contributed by atoms with E-state index >= 15 is 0 Å². The van der Waals surface area contributed by atoms with E-state index in [2.05, 4.69) is 11.4 Å². The van der Waals surface area contributed by atoms with Crippen molar-refractivity contribution in [2.75, 3.05) is 13.7 Å². The van der Waals surface area contributed by atoms with Gasteiger partial charge in [-0.1, -0.05) is 48.5 Å². The maximum absolute atomic E-state index is 13.2. The van der Waals surface area contributed by atoms with Crippen molar-refractivity contribution in [1.82, 2.24) is 15.1 Å². The Balaban J connectivity index is 1.36. The minimum absolute atomic E-state index is 0.0739. The third-order valence-corrected chi connectivity index (χ3v) is 5.76. The van der Waals surface area contributed by atoms with E-state index in [0.29, 0.717) is 24.3 Å². The molecule has 0 aliphatic carbocycles. The van der Waals surface area contributed by atoms with Gasteiger partial charge in [0.15, 0.2) is 0 Å². The summed E-state index contributed by atoms with van der Waals surface area (Å²) in [5.74, 6) is 1.48. The second kappa shape index (κ2) is 9.20. The Morgan fingerprint density at radius 3 is 2.58 bits per heavy atom. The number of ether oxygens (including phenoxy) is 2. The van der Waals surface area contributed by atoms with Crippen LogP contribution < -0.4 is 14.8 Å². The van der Waals surface area contributed by atoms with Crippen molar-refractivity contribution in [3.8, 4) is 22.8 Å². The van der Waals surface area contributed by atoms with Crippen LogP contribution in [0, 0.1) is 0 Å². The predicted octanol–water partition coefficient (Wildman–Crippen LogP) is 4.34. The molecule has 4 aromatic rings. The predicted molar refractivity (Wildman–Crippen MR) is 127 cm³/mol. The van der Waals surface area contributed by atoms with Crippen molar-refractivity contribution < 1.29 is 14.3 Å². The molecule has 1 aromatic heterocycles. The molecule has 0 saturated heterocycles. The maximum atomic E-state index is 13.2. The summed E-state index contributed by atoms with van der Waals surface area (Å²) in [6.07, 6.45) is 2.52. The summed E-state index contributed by atoms with van der Waals surface area (Å²) >= 11 is 0. The fraction of sp³-hybridized carbons (Fsp3) is 0.185. The lowest BCUT2D eigenvalue weighted by Gasteiger charge is -2.12. The molecule has 166 valence electrons. The molecule has 2 heterocycles. The smallest absolute Gasteiger partial charge is 0.255 e. The Hall–Kier alpha value is -4.06. The highest BCUT2D eigenvalue weighted by molar-refractivity contribution is 5.99. The Morgan fingerprint density at radius 2 is 1.82 bits per heavy atom. The van der Waals surface area contributed by atoms with Crippen LogP contribution in [-0.2, 0) is 13.0 Å². The molecule has 33 heavy (non-hydrogen) atoms. The zero-order chi connectivity index (χ0) is 22.6. The topological polar surface area (TPSA) is 65.4 Å². The van der Waals surface area contributed by atoms with E-state index in [1.807, 2.05) is 83.7 Å². The van der Waals surface area contributed by atoms with Crippen LogP contribution in [0.1, 0.15) is 21.5 Å². The normalized spacial score (nSPS) is 14.4. The Morgan fingerprint density at radius 1 is 1.06 bits per heavy atom. The number of benzene rings is 3. The average molecular weight is 440 g/mol. The van der Waals surface area contributed by atoms with Crippen LogP contribution >= 0.6 is 0 Å². The highest BCUT2D eigenvalue weighted by Gasteiger charge is 2.24. The van der Waals surface area contributed by atoms with Crippen LogP contribution in [-0.4, -0.2) is 35.4 Å². The van der Waals surface area contributed by atoms with E-state index in [9.17, 15) is 4.79 Å². The van der Waals surface area contributed by atoms with Gasteiger partial charge in [0, 0.05) is 18.2 Å². The van der Waals surface area contributed by atoms with E-state index in [1.165, 1.54) is 5.56 Å². The number of nitrogens with zero attached hydrogens (tertiary/aromatic N) is 2. The third kappa shape index (κ3) is 4.60. The van der Waals surface area contributed by atoms with E-state index in [-0.39, 0.29) is 12.0 Å². The lowest BCUT2D eigenvalue weighted by molar-refractivity contribution is 0.0934. The van der Waals surface area contributed by atoms with Crippen LogP contribution in [0.3, 0.4) is 0 Å². The van der Waals surface area contributed by atoms with Crippen LogP contribution in [0.4, 0.5) is 0 Å². The molecular weight excluding hydrogens is 414 g/mol. The van der Waals surface area contributed by atoms with E-state index in [1.54, 1.807) is 7.11 Å². The SMILES string of the molecule is COc1ccc(-c2nn(Cc3ccccc3)cc2C(=O)NCC2Cc3ccccc3O2)cc1. The highest BCUT2D eigenvalue weighted by Crippen LogP contribution is 2.28. The Labute approximate surface area is 192 Å². The maximum Gasteiger partial charge on any atom is 0.255 e. The molecule has 5 rings (SSSR count). The number of hydrogen-bond donors (Lipinski definition) is 1. The summed E-state index contributed by atoms with van der Waals surface area (Å²) in [7, 11) is 1.63. The quantitative estimate of drug-likeness (QED) is 0.465. The number of aromatic nitrogens is 2. The summed E-state index contributed by atoms with van der Waals surface area (Å²) < 4.78 is 13.0. The first-order valence-electron chi connectivity index (χ1n) is 11.0. The van der Waals surface area contributed by atoms with Gasteiger partial charge in [0.25, 0.3) is 5.91 Å². The number of fused-ring (bicyclic) bond motifs is 1. The Kier molecular flexibility index (Phi) is 5.81. The van der Waals surface area contributed by atoms with Gasteiger partial charge in [0.1, 0.15) is 23.3 Å². The van der Waals surface area contributed by atoms with Crippen molar-refractivity contribution in [2.45, 2.75) is 19.1 Å². The van der Waals surface area contributed by atoms with Gasteiger partial charge in [-0.2, -0.15) is 5.10 Å². The van der Waals surface area contributed by atoms with Crippen LogP contribution in [0.5, 0.6) is 11.5 Å². The molecule has 1 N–H and O–H groups in total. The summed E-state index contributed by atoms with van der Waals surface area (Å²) in [5, 5.41) is 7.79. The van der Waals surface area contributed by atoms with E-state index < -0.39 is 0 Å². The fourth-order valence-electron chi connectivity index (χ4n) is 4.07. The molecular formula is C27H25N3O3. The number of amides is 1. The van der Waals surface area contributed by atoms with Gasteiger partial charge in [0.2, 0.25) is 0 Å². The zero-order valence-electron chi connectivity index (χ0n) is 18.4. The highest BCUT2D eigenvalue weighted by atomic mass is 16.5. The first kappa shape index (κ1) is 20.8. The molecule has 0 spiro atoms. The van der Waals surface area contributed by atoms with Crippen molar-refractivity contribution in [1.29, 1.82) is 0 Å². The molecule has 1 atom stereocenters. The first-order valence-corrected chi connectivity index (χ1v) is 11.0. The zero-order valence-corrected chi connectivity index (χ0v) is 18.4. The van der Waals surface area contributed by atoms with E-state index in [4.69, 9.17) is 14.6 Å². The first-order chi connectivity index (χ1) is 16.2. The second-order valence-electron chi connectivity index (χ2n) is 8.06. The molecule has 1 amide bonds. The number of para-hydroxylation sites is 1. The molecule has 3 aromatic carbocycles. The van der Waals surface area contributed by atoms with Crippen molar-refractivity contribution in [3.05, 3.63) is 102 Å². The average Bonchev–Trinajstić information content (AvgIpc) is 3.47. The number of methoxy groups -OCH3 is 1. The number of hydrogen-bond acceptors (Lipinski definition) is 4. The van der Waals surface area contributed by atoms with Crippen molar-refractivity contribution in [2.24, 2.45) is 0 Å². The van der Waals surface area contributed by atoms with Crippen LogP contribution in [0.15, 0.2) is 85.1 Å². The molecule has 0 fully saturated rings. The molecule has 0 radical (unpaired) electrons. The van der Waals surface area contributed by atoms with Gasteiger partial charge in [-0.3, -0.25) is 9.48 Å². The van der Waals surface area contributed by atoms with Gasteiger partial charge in [-0.25, -0.2) is 0 Å². The van der Waals surface area contributed by atoms with Gasteiger partial charge >= 0.3 is 0 Å². The molecule has 1 aliphatic rings. The summed E-state index contributed by atoms with van der Waals surface area (Å²) in [6, 6.07) is 25.6. The molecule has 1 aliphatic heterocycles. The number of nitrogens with one attached hydrogen (secondary N) is 1. The fourth-order valence-corrected chi connectivity index (χ4v) is 4.07. The summed E-state index contributed by atoms with van der Waals surface area (Å²) in [4.78, 5) is 13.2. The van der Waals surface area contributed by atoms with Crippen LogP contribution in [0.25, 0.3) is 11.3 Å². The lowest BCUT2D eigenvalue weighted by atomic mass is 10.1. The van der Waals surface area contributed by atoms with Crippen LogP contribution in [0.2, 0.25) is 0 Å². The summed E-state index contributed by atoms with van der Waals surface area (Å²) in [6.45, 7) is 1.01. The second-order valence-corrected chi connectivity index (χ2v) is 8.06. The number of rotatable bonds is 7. The standard InChI is InChI=1S/C27H25N3O3/c1-32-22-13-11-20(12-14-22)26-24(18-30(29-26)17-19-7-3-2-4-8-19)27(31)28-16-23-15-21-9-5-6-10-25(21)33-23/h2-14,18,23H,15-17H2,1H3,(H,28,31). The molecule has 0 bridgehead atoms. The number of carbonyl (C=O) groups excluding carboxylic acids is 1. The largest absolute Gasteiger partial charge is 0.497 e. The van der Waals surface area contributed by atoms with Gasteiger partial charge < -0.3 is 14.8 Å². The van der Waals surface area contributed by atoms with Crippen molar-refractivity contribution in [3.63, 3.8) is 0 Å². The third-order valence-electron chi connectivity index (χ3n) is 5.76. The Bertz CT molecular complexity index is 1220. The minimum Gasteiger partial charge on any atom is -0.497 e. The minimum atomic E-state index is -0.167.